The highest BCUT2D eigenvalue weighted by atomic mass is 31.1. The Balaban J connectivity index is 1.69. The summed E-state index contributed by atoms with van der Waals surface area (Å²) in [6.45, 7) is 9.78. The largest absolute Gasteiger partial charge is 0.336 e. The van der Waals surface area contributed by atoms with Crippen molar-refractivity contribution in [2.75, 3.05) is 11.4 Å². The van der Waals surface area contributed by atoms with Crippen LogP contribution in [0.1, 0.15) is 34.1 Å². The molecule has 0 saturated heterocycles. The van der Waals surface area contributed by atoms with Gasteiger partial charge in [-0.05, 0) is 38.3 Å². The zero-order valence-electron chi connectivity index (χ0n) is 19.5. The number of amidine groups is 1. The lowest BCUT2D eigenvalue weighted by Crippen LogP contribution is -2.45. The summed E-state index contributed by atoms with van der Waals surface area (Å²) in [6, 6.07) is 32.0. The van der Waals surface area contributed by atoms with Gasteiger partial charge in [-0.15, -0.1) is 0 Å². The molecule has 0 spiro atoms. The molecule has 0 aliphatic carbocycles. The van der Waals surface area contributed by atoms with Crippen molar-refractivity contribution in [3.63, 3.8) is 0 Å². The molecule has 0 aromatic heterocycles. The summed E-state index contributed by atoms with van der Waals surface area (Å²) in [5, 5.41) is 2.43. The van der Waals surface area contributed by atoms with Gasteiger partial charge in [-0.3, -0.25) is 4.99 Å². The molecule has 4 rings (SSSR count). The van der Waals surface area contributed by atoms with E-state index < -0.39 is 13.7 Å². The van der Waals surface area contributed by atoms with E-state index in [1.54, 1.807) is 0 Å². The Hall–Kier alpha value is -2.48. The molecule has 0 N–H and O–H groups in total. The van der Waals surface area contributed by atoms with Crippen LogP contribution in [0.5, 0.6) is 0 Å². The maximum atomic E-state index is 6.99. The van der Waals surface area contributed by atoms with E-state index in [1.807, 2.05) is 0 Å². The van der Waals surface area contributed by atoms with Crippen molar-refractivity contribution in [2.45, 2.75) is 45.8 Å². The van der Waals surface area contributed by atoms with Crippen molar-refractivity contribution in [2.24, 2.45) is 10.9 Å². The lowest BCUT2D eigenvalue weighted by molar-refractivity contribution is 0.210. The first kappa shape index (κ1) is 22.7. The van der Waals surface area contributed by atoms with E-state index in [1.165, 1.54) is 16.3 Å². The molecule has 3 nitrogen and oxygen atoms in total. The summed E-state index contributed by atoms with van der Waals surface area (Å²) >= 11 is 0. The van der Waals surface area contributed by atoms with E-state index >= 15 is 0 Å². The molecule has 3 aromatic carbocycles. The molecule has 3 aromatic rings. The topological polar surface area (TPSA) is 24.8 Å². The zero-order chi connectivity index (χ0) is 22.6. The number of hydrogen-bond acceptors (Lipinski definition) is 3. The monoisotopic (exact) mass is 444 g/mol. The Kier molecular flexibility index (Phi) is 7.08. The predicted octanol–water partition coefficient (Wildman–Crippen LogP) is 6.16. The van der Waals surface area contributed by atoms with Crippen molar-refractivity contribution < 1.29 is 4.52 Å². The van der Waals surface area contributed by atoms with E-state index in [-0.39, 0.29) is 6.04 Å². The van der Waals surface area contributed by atoms with Crippen LogP contribution < -0.4 is 15.5 Å². The van der Waals surface area contributed by atoms with Gasteiger partial charge in [-0.2, -0.15) is 0 Å². The molecule has 4 heteroatoms. The second-order valence-corrected chi connectivity index (χ2v) is 11.1. The van der Waals surface area contributed by atoms with Crippen LogP contribution in [-0.4, -0.2) is 24.0 Å². The number of aliphatic imine (C=N–C) groups is 1. The second kappa shape index (κ2) is 9.98. The molecule has 0 unspecified atom stereocenters. The Morgan fingerprint density at radius 1 is 0.875 bits per heavy atom. The van der Waals surface area contributed by atoms with Crippen LogP contribution in [0.3, 0.4) is 0 Å². The Bertz CT molecular complexity index is 980. The number of rotatable bonds is 8. The standard InChI is InChI=1S/C28H33N2OP/c1-22(2)20-23-21-30(24-14-8-5-9-15-24)27(29-23)28(3,4)31-32(25-16-10-6-11-17-25)26-18-12-7-13-19-26/h5-19,22-23H,20-21H2,1-4H3/t23-/m0/s1. The molecular weight excluding hydrogens is 411 g/mol. The van der Waals surface area contributed by atoms with Gasteiger partial charge in [0.25, 0.3) is 0 Å². The molecular formula is C28H33N2OP. The van der Waals surface area contributed by atoms with Gasteiger partial charge < -0.3 is 9.42 Å². The first-order valence-corrected chi connectivity index (χ1v) is 12.7. The van der Waals surface area contributed by atoms with Gasteiger partial charge in [-0.25, -0.2) is 0 Å². The van der Waals surface area contributed by atoms with Crippen molar-refractivity contribution in [3.8, 4) is 0 Å². The average molecular weight is 445 g/mol. The third-order valence-electron chi connectivity index (χ3n) is 5.60. The molecule has 1 aliphatic heterocycles. The van der Waals surface area contributed by atoms with Crippen molar-refractivity contribution >= 4 is 30.3 Å². The molecule has 32 heavy (non-hydrogen) atoms. The smallest absolute Gasteiger partial charge is 0.136 e. The molecule has 166 valence electrons. The molecule has 0 fully saturated rings. The minimum Gasteiger partial charge on any atom is -0.336 e. The Labute approximate surface area is 194 Å². The summed E-state index contributed by atoms with van der Waals surface area (Å²) in [5.74, 6) is 1.63. The second-order valence-electron chi connectivity index (χ2n) is 9.25. The summed E-state index contributed by atoms with van der Waals surface area (Å²) in [4.78, 5) is 7.58. The first-order chi connectivity index (χ1) is 15.4. The van der Waals surface area contributed by atoms with Crippen LogP contribution in [0, 0.1) is 5.92 Å². The van der Waals surface area contributed by atoms with E-state index in [0.717, 1.165) is 18.8 Å². The lowest BCUT2D eigenvalue weighted by atomic mass is 10.0. The van der Waals surface area contributed by atoms with Crippen LogP contribution in [0.4, 0.5) is 5.69 Å². The highest BCUT2D eigenvalue weighted by molar-refractivity contribution is 7.68. The van der Waals surface area contributed by atoms with E-state index in [0.29, 0.717) is 5.92 Å². The van der Waals surface area contributed by atoms with Crippen LogP contribution in [0.2, 0.25) is 0 Å². The van der Waals surface area contributed by atoms with Crippen molar-refractivity contribution in [1.29, 1.82) is 0 Å². The number of benzene rings is 3. The van der Waals surface area contributed by atoms with Gasteiger partial charge in [0.05, 0.1) is 14.2 Å². The van der Waals surface area contributed by atoms with Gasteiger partial charge >= 0.3 is 0 Å². The normalized spacial score (nSPS) is 16.6. The number of para-hydroxylation sites is 1. The van der Waals surface area contributed by atoms with Crippen LogP contribution in [0.15, 0.2) is 96.0 Å². The maximum Gasteiger partial charge on any atom is 0.136 e. The summed E-state index contributed by atoms with van der Waals surface area (Å²) in [6.07, 6.45) is 1.08. The van der Waals surface area contributed by atoms with Gasteiger partial charge in [0, 0.05) is 22.8 Å². The van der Waals surface area contributed by atoms with E-state index in [9.17, 15) is 0 Å². The summed E-state index contributed by atoms with van der Waals surface area (Å²) < 4.78 is 6.99. The molecule has 1 atom stereocenters. The fourth-order valence-electron chi connectivity index (χ4n) is 4.22. The maximum absolute atomic E-state index is 6.99. The zero-order valence-corrected chi connectivity index (χ0v) is 20.4. The Morgan fingerprint density at radius 2 is 1.38 bits per heavy atom. The minimum atomic E-state index is -0.981. The molecule has 0 radical (unpaired) electrons. The molecule has 1 aliphatic rings. The minimum absolute atomic E-state index is 0.285. The van der Waals surface area contributed by atoms with Gasteiger partial charge in [0.1, 0.15) is 11.4 Å². The van der Waals surface area contributed by atoms with Crippen LogP contribution >= 0.6 is 8.15 Å². The summed E-state index contributed by atoms with van der Waals surface area (Å²) in [5.41, 5.74) is 0.636. The highest BCUT2D eigenvalue weighted by Crippen LogP contribution is 2.42. The average Bonchev–Trinajstić information content (AvgIpc) is 3.23. The van der Waals surface area contributed by atoms with Crippen LogP contribution in [-0.2, 0) is 4.52 Å². The molecule has 0 amide bonds. The molecule has 0 saturated carbocycles. The fraction of sp³-hybridized carbons (Fsp3) is 0.321. The third-order valence-corrected chi connectivity index (χ3v) is 7.78. The van der Waals surface area contributed by atoms with Gasteiger partial charge in [0.15, 0.2) is 0 Å². The van der Waals surface area contributed by atoms with Crippen molar-refractivity contribution in [3.05, 3.63) is 91.0 Å². The highest BCUT2D eigenvalue weighted by Gasteiger charge is 2.39. The third kappa shape index (κ3) is 5.28. The fourth-order valence-corrected chi connectivity index (χ4v) is 6.15. The SMILES string of the molecule is CC(C)C[C@H]1CN(c2ccccc2)C(C(C)(C)OP(c2ccccc2)c2ccccc2)=N1. The Morgan fingerprint density at radius 3 is 1.88 bits per heavy atom. The number of hydrogen-bond donors (Lipinski definition) is 0. The summed E-state index contributed by atoms with van der Waals surface area (Å²) in [7, 11) is -0.981. The lowest BCUT2D eigenvalue weighted by Gasteiger charge is -2.35. The number of anilines is 1. The van der Waals surface area contributed by atoms with E-state index in [4.69, 9.17) is 9.52 Å². The quantitative estimate of drug-likeness (QED) is 0.389. The van der Waals surface area contributed by atoms with Crippen molar-refractivity contribution in [1.82, 2.24) is 0 Å². The first-order valence-electron chi connectivity index (χ1n) is 11.4. The van der Waals surface area contributed by atoms with Crippen LogP contribution in [0.25, 0.3) is 0 Å². The van der Waals surface area contributed by atoms with Gasteiger partial charge in [0.2, 0.25) is 0 Å². The van der Waals surface area contributed by atoms with E-state index in [2.05, 4.69) is 124 Å². The molecule has 1 heterocycles. The number of nitrogens with zero attached hydrogens (tertiary/aromatic N) is 2. The predicted molar refractivity (Wildman–Crippen MR) is 139 cm³/mol. The molecule has 0 bridgehead atoms. The van der Waals surface area contributed by atoms with Gasteiger partial charge in [-0.1, -0.05) is 92.7 Å².